The highest BCUT2D eigenvalue weighted by atomic mass is 16.5. The number of hydrogen-bond acceptors (Lipinski definition) is 3. The van der Waals surface area contributed by atoms with Gasteiger partial charge in [-0.3, -0.25) is 4.99 Å². The predicted octanol–water partition coefficient (Wildman–Crippen LogP) is 2.95. The van der Waals surface area contributed by atoms with Crippen LogP contribution in [0.4, 0.5) is 0 Å². The van der Waals surface area contributed by atoms with Crippen LogP contribution < -0.4 is 10.6 Å². The third-order valence-corrected chi connectivity index (χ3v) is 3.53. The van der Waals surface area contributed by atoms with E-state index < -0.39 is 0 Å². The molecule has 5 nitrogen and oxygen atoms in total. The molecule has 5 heteroatoms. The van der Waals surface area contributed by atoms with Gasteiger partial charge >= 0.3 is 0 Å². The molecule has 2 N–H and O–H groups in total. The second kappa shape index (κ2) is 12.8. The molecular weight excluding hydrogens is 302 g/mol. The smallest absolute Gasteiger partial charge is 0.191 e. The summed E-state index contributed by atoms with van der Waals surface area (Å²) in [6, 6.07) is 8.42. The van der Waals surface area contributed by atoms with Gasteiger partial charge in [-0.25, -0.2) is 0 Å². The maximum Gasteiger partial charge on any atom is 0.191 e. The monoisotopic (exact) mass is 335 g/mol. The molecule has 0 saturated heterocycles. The molecule has 1 rings (SSSR count). The Morgan fingerprint density at radius 1 is 1.12 bits per heavy atom. The van der Waals surface area contributed by atoms with Crippen LogP contribution in [0.2, 0.25) is 0 Å². The number of nitrogens with one attached hydrogen (secondary N) is 2. The van der Waals surface area contributed by atoms with Crippen molar-refractivity contribution in [2.45, 2.75) is 40.3 Å². The van der Waals surface area contributed by atoms with E-state index in [2.05, 4.69) is 53.7 Å². The Balaban J connectivity index is 2.35. The third-order valence-electron chi connectivity index (χ3n) is 3.53. The highest BCUT2D eigenvalue weighted by Gasteiger charge is 2.01. The minimum atomic E-state index is 0.613. The van der Waals surface area contributed by atoms with Gasteiger partial charge in [0.1, 0.15) is 0 Å². The van der Waals surface area contributed by atoms with Gasteiger partial charge in [-0.2, -0.15) is 0 Å². The summed E-state index contributed by atoms with van der Waals surface area (Å²) in [6.07, 6.45) is 1.13. The molecule has 0 aliphatic carbocycles. The second-order valence-electron chi connectivity index (χ2n) is 6.10. The largest absolute Gasteiger partial charge is 0.379 e. The van der Waals surface area contributed by atoms with E-state index >= 15 is 0 Å². The van der Waals surface area contributed by atoms with E-state index in [-0.39, 0.29) is 0 Å². The molecule has 0 bridgehead atoms. The number of hydrogen-bond donors (Lipinski definition) is 2. The first-order chi connectivity index (χ1) is 11.7. The van der Waals surface area contributed by atoms with Crippen LogP contribution in [-0.4, -0.2) is 39.4 Å². The number of benzene rings is 1. The third kappa shape index (κ3) is 9.53. The summed E-state index contributed by atoms with van der Waals surface area (Å²) >= 11 is 0. The molecule has 1 aromatic rings. The molecule has 1 aromatic carbocycles. The Morgan fingerprint density at radius 3 is 2.58 bits per heavy atom. The summed E-state index contributed by atoms with van der Waals surface area (Å²) in [5.74, 6) is 1.53. The van der Waals surface area contributed by atoms with Crippen molar-refractivity contribution in [3.05, 3.63) is 35.4 Å². The highest BCUT2D eigenvalue weighted by Crippen LogP contribution is 2.06. The fourth-order valence-electron chi connectivity index (χ4n) is 2.17. The van der Waals surface area contributed by atoms with E-state index in [1.807, 2.05) is 6.92 Å². The van der Waals surface area contributed by atoms with Crippen LogP contribution in [0.3, 0.4) is 0 Å². The SMILES string of the molecule is CCOCCOCc1cccc(CNC(=NC)NCCC(C)C)c1. The number of nitrogens with zero attached hydrogens (tertiary/aromatic N) is 1. The first-order valence-electron chi connectivity index (χ1n) is 8.83. The Bertz CT molecular complexity index is 475. The van der Waals surface area contributed by atoms with Crippen LogP contribution in [0.5, 0.6) is 0 Å². The maximum atomic E-state index is 5.62. The first kappa shape index (κ1) is 20.5. The zero-order valence-corrected chi connectivity index (χ0v) is 15.6. The minimum Gasteiger partial charge on any atom is -0.379 e. The normalized spacial score (nSPS) is 11.8. The van der Waals surface area contributed by atoms with Gasteiger partial charge in [-0.15, -0.1) is 0 Å². The van der Waals surface area contributed by atoms with E-state index in [4.69, 9.17) is 9.47 Å². The van der Waals surface area contributed by atoms with Crippen molar-refractivity contribution >= 4 is 5.96 Å². The lowest BCUT2D eigenvalue weighted by atomic mass is 10.1. The molecule has 0 fully saturated rings. The van der Waals surface area contributed by atoms with Gasteiger partial charge in [0.25, 0.3) is 0 Å². The number of guanidine groups is 1. The lowest BCUT2D eigenvalue weighted by Gasteiger charge is -2.13. The van der Waals surface area contributed by atoms with E-state index in [1.54, 1.807) is 7.05 Å². The predicted molar refractivity (Wildman–Crippen MR) is 100 cm³/mol. The molecule has 0 aromatic heterocycles. The molecule has 136 valence electrons. The molecule has 0 radical (unpaired) electrons. The molecular formula is C19H33N3O2. The van der Waals surface area contributed by atoms with Crippen LogP contribution in [0.1, 0.15) is 38.3 Å². The van der Waals surface area contributed by atoms with Gasteiger partial charge in [0.05, 0.1) is 19.8 Å². The zero-order valence-electron chi connectivity index (χ0n) is 15.6. The Hall–Kier alpha value is -1.59. The quantitative estimate of drug-likeness (QED) is 0.371. The lowest BCUT2D eigenvalue weighted by Crippen LogP contribution is -2.37. The molecule has 24 heavy (non-hydrogen) atoms. The van der Waals surface area contributed by atoms with Crippen molar-refractivity contribution in [1.29, 1.82) is 0 Å². The fraction of sp³-hybridized carbons (Fsp3) is 0.632. The second-order valence-corrected chi connectivity index (χ2v) is 6.10. The van der Waals surface area contributed by atoms with Crippen LogP contribution in [0, 0.1) is 5.92 Å². The molecule has 0 spiro atoms. The topological polar surface area (TPSA) is 54.9 Å². The Morgan fingerprint density at radius 2 is 1.88 bits per heavy atom. The number of aliphatic imine (C=N–C) groups is 1. The first-order valence-corrected chi connectivity index (χ1v) is 8.83. The van der Waals surface area contributed by atoms with Gasteiger partial charge in [-0.05, 0) is 30.4 Å². The fourth-order valence-corrected chi connectivity index (χ4v) is 2.17. The van der Waals surface area contributed by atoms with E-state index in [0.29, 0.717) is 25.7 Å². The molecule has 0 heterocycles. The van der Waals surface area contributed by atoms with Crippen molar-refractivity contribution in [3.63, 3.8) is 0 Å². The van der Waals surface area contributed by atoms with E-state index in [9.17, 15) is 0 Å². The summed E-state index contributed by atoms with van der Waals surface area (Å²) in [6.45, 7) is 10.7. The van der Waals surface area contributed by atoms with Gasteiger partial charge in [0.15, 0.2) is 5.96 Å². The van der Waals surface area contributed by atoms with Crippen molar-refractivity contribution in [2.24, 2.45) is 10.9 Å². The number of rotatable bonds is 11. The highest BCUT2D eigenvalue weighted by molar-refractivity contribution is 5.79. The molecule has 0 amide bonds. The lowest BCUT2D eigenvalue weighted by molar-refractivity contribution is 0.0453. The van der Waals surface area contributed by atoms with Gasteiger partial charge in [0, 0.05) is 26.7 Å². The summed E-state index contributed by atoms with van der Waals surface area (Å²) in [7, 11) is 1.80. The van der Waals surface area contributed by atoms with Gasteiger partial charge < -0.3 is 20.1 Å². The van der Waals surface area contributed by atoms with Gasteiger partial charge in [0.2, 0.25) is 0 Å². The van der Waals surface area contributed by atoms with Crippen molar-refractivity contribution in [1.82, 2.24) is 10.6 Å². The van der Waals surface area contributed by atoms with Crippen molar-refractivity contribution in [3.8, 4) is 0 Å². The molecule has 0 unspecified atom stereocenters. The van der Waals surface area contributed by atoms with Crippen LogP contribution in [-0.2, 0) is 22.6 Å². The standard InChI is InChI=1S/C19H33N3O2/c1-5-23-11-12-24-15-18-8-6-7-17(13-18)14-22-19(20-4)21-10-9-16(2)3/h6-8,13,16H,5,9-12,14-15H2,1-4H3,(H2,20,21,22). The van der Waals surface area contributed by atoms with E-state index in [0.717, 1.165) is 32.1 Å². The van der Waals surface area contributed by atoms with Crippen molar-refractivity contribution in [2.75, 3.05) is 33.4 Å². The summed E-state index contributed by atoms with van der Waals surface area (Å²) in [4.78, 5) is 4.26. The Labute approximate surface area is 146 Å². The molecule has 0 aliphatic heterocycles. The zero-order chi connectivity index (χ0) is 17.6. The molecule has 0 atom stereocenters. The van der Waals surface area contributed by atoms with Crippen LogP contribution >= 0.6 is 0 Å². The van der Waals surface area contributed by atoms with Crippen LogP contribution in [0.15, 0.2) is 29.3 Å². The Kier molecular flexibility index (Phi) is 10.9. The summed E-state index contributed by atoms with van der Waals surface area (Å²) < 4.78 is 10.9. The maximum absolute atomic E-state index is 5.62. The minimum absolute atomic E-state index is 0.613. The van der Waals surface area contributed by atoms with E-state index in [1.165, 1.54) is 11.1 Å². The van der Waals surface area contributed by atoms with Crippen molar-refractivity contribution < 1.29 is 9.47 Å². The average Bonchev–Trinajstić information content (AvgIpc) is 2.58. The summed E-state index contributed by atoms with van der Waals surface area (Å²) in [5, 5.41) is 6.69. The average molecular weight is 335 g/mol. The van der Waals surface area contributed by atoms with Crippen LogP contribution in [0.25, 0.3) is 0 Å². The molecule has 0 saturated carbocycles. The number of ether oxygens (including phenoxy) is 2. The molecule has 0 aliphatic rings. The summed E-state index contributed by atoms with van der Waals surface area (Å²) in [5.41, 5.74) is 2.39. The van der Waals surface area contributed by atoms with Gasteiger partial charge in [-0.1, -0.05) is 38.1 Å².